The molecular weight excluding hydrogens is 284 g/mol. The van der Waals surface area contributed by atoms with E-state index < -0.39 is 5.69 Å². The number of nitrogens with zero attached hydrogens (tertiary/aromatic N) is 5. The number of nitrogens with one attached hydrogen (secondary N) is 1. The molecule has 9 nitrogen and oxygen atoms in total. The molecule has 0 radical (unpaired) electrons. The second-order valence-corrected chi connectivity index (χ2v) is 5.55. The van der Waals surface area contributed by atoms with E-state index in [0.717, 1.165) is 0 Å². The van der Waals surface area contributed by atoms with Gasteiger partial charge in [-0.3, -0.25) is 9.40 Å². The minimum absolute atomic E-state index is 0.101. The van der Waals surface area contributed by atoms with Gasteiger partial charge in [-0.1, -0.05) is 5.11 Å². The lowest BCUT2D eigenvalue weighted by atomic mass is 10.1. The Morgan fingerprint density at radius 3 is 3.20 bits per heavy atom. The summed E-state index contributed by atoms with van der Waals surface area (Å²) in [5, 5.41) is 12.5. The number of aliphatic hydroxyl groups is 1. The van der Waals surface area contributed by atoms with Crippen LogP contribution in [0.15, 0.2) is 22.2 Å². The predicted molar refractivity (Wildman–Crippen MR) is 74.2 cm³/mol. The monoisotopic (exact) mass is 298 g/mol. The van der Waals surface area contributed by atoms with Gasteiger partial charge in [0.05, 0.1) is 25.1 Å². The Morgan fingerprint density at radius 1 is 1.80 bits per heavy atom. The van der Waals surface area contributed by atoms with Crippen molar-refractivity contribution >= 4 is 17.6 Å². The van der Waals surface area contributed by atoms with Crippen LogP contribution in [0.2, 0.25) is 0 Å². The van der Waals surface area contributed by atoms with Crippen LogP contribution in [0, 0.1) is 0 Å². The zero-order valence-corrected chi connectivity index (χ0v) is 11.5. The summed E-state index contributed by atoms with van der Waals surface area (Å²) in [6.07, 6.45) is 2.08. The first-order valence-corrected chi connectivity index (χ1v) is 6.82. The minimum atomic E-state index is -0.428. The van der Waals surface area contributed by atoms with Crippen LogP contribution in [0.5, 0.6) is 0 Å². The molecule has 1 saturated heterocycles. The highest BCUT2D eigenvalue weighted by atomic mass is 32.2. The Morgan fingerprint density at radius 2 is 2.60 bits per heavy atom. The number of hydrogen-bond acceptors (Lipinski definition) is 7. The van der Waals surface area contributed by atoms with Crippen molar-refractivity contribution in [3.8, 4) is 0 Å². The quantitative estimate of drug-likeness (QED) is 0.360. The molecule has 10 heteroatoms. The van der Waals surface area contributed by atoms with Crippen molar-refractivity contribution in [3.05, 3.63) is 33.2 Å². The molecule has 1 aromatic rings. The molecule has 0 spiro atoms. The van der Waals surface area contributed by atoms with Gasteiger partial charge in [0.2, 0.25) is 0 Å². The number of thioether (sulfide) groups is 1. The van der Waals surface area contributed by atoms with Crippen LogP contribution in [0.3, 0.4) is 0 Å². The van der Waals surface area contributed by atoms with Gasteiger partial charge < -0.3 is 5.11 Å². The van der Waals surface area contributed by atoms with Crippen molar-refractivity contribution in [2.45, 2.75) is 23.1 Å². The van der Waals surface area contributed by atoms with E-state index in [1.807, 2.05) is 0 Å². The first-order valence-electron chi connectivity index (χ1n) is 5.88. The summed E-state index contributed by atoms with van der Waals surface area (Å²) < 4.78 is 1.46. The van der Waals surface area contributed by atoms with E-state index in [1.165, 1.54) is 23.4 Å². The summed E-state index contributed by atoms with van der Waals surface area (Å²) in [6.45, 7) is -0.101. The van der Waals surface area contributed by atoms with Crippen LogP contribution in [-0.2, 0) is 4.84 Å². The van der Waals surface area contributed by atoms with E-state index in [1.54, 1.807) is 12.3 Å². The average molecular weight is 298 g/mol. The maximum atomic E-state index is 11.9. The second kappa shape index (κ2) is 6.62. The Kier molecular flexibility index (Phi) is 4.85. The minimum Gasteiger partial charge on any atom is -0.395 e. The smallest absolute Gasteiger partial charge is 0.350 e. The molecule has 20 heavy (non-hydrogen) atoms. The van der Waals surface area contributed by atoms with Gasteiger partial charge in [-0.05, 0) is 18.0 Å². The van der Waals surface area contributed by atoms with Crippen molar-refractivity contribution in [3.63, 3.8) is 0 Å². The largest absolute Gasteiger partial charge is 0.395 e. The highest BCUT2D eigenvalue weighted by molar-refractivity contribution is 8.00. The van der Waals surface area contributed by atoms with Crippen LogP contribution in [0.4, 0.5) is 5.82 Å². The molecule has 0 saturated carbocycles. The summed E-state index contributed by atoms with van der Waals surface area (Å²) in [5.41, 5.74) is 10.6. The normalized spacial score (nSPS) is 25.2. The van der Waals surface area contributed by atoms with Gasteiger partial charge in [0.1, 0.15) is 0 Å². The molecule has 3 atom stereocenters. The molecule has 0 aromatic carbocycles. The Balaban J connectivity index is 2.20. The Hall–Kier alpha value is -1.74. The number of hydrogen-bond donors (Lipinski definition) is 2. The van der Waals surface area contributed by atoms with Crippen molar-refractivity contribution < 1.29 is 9.94 Å². The van der Waals surface area contributed by atoms with Gasteiger partial charge in [-0.15, -0.1) is 11.8 Å². The standard InChI is InChI=1S/C10H14N6O3S/c1-19-14-8-2-3-16(10(18)12-8)9-4-6(13-15-11)7(5-17)20-9/h2-3,6-7,9,17H,4-5H2,1H3,(H,12,14,18)/t6-,7+,9+/m0/s1. The molecular formula is C10H14N6O3S. The number of aliphatic hydroxyl groups excluding tert-OH is 1. The molecule has 2 N–H and O–H groups in total. The van der Waals surface area contributed by atoms with Gasteiger partial charge in [0.15, 0.2) is 5.82 Å². The molecule has 2 rings (SSSR count). The Bertz CT molecular complexity index is 572. The van der Waals surface area contributed by atoms with Gasteiger partial charge in [0, 0.05) is 16.4 Å². The highest BCUT2D eigenvalue weighted by Crippen LogP contribution is 2.42. The fraction of sp³-hybridized carbons (Fsp3) is 0.600. The topological polar surface area (TPSA) is 125 Å². The summed E-state index contributed by atoms with van der Waals surface area (Å²) >= 11 is 1.40. The van der Waals surface area contributed by atoms with Crippen LogP contribution < -0.4 is 11.2 Å². The summed E-state index contributed by atoms with van der Waals surface area (Å²) in [7, 11) is 1.43. The van der Waals surface area contributed by atoms with Gasteiger partial charge >= 0.3 is 5.69 Å². The number of azide groups is 1. The zero-order valence-electron chi connectivity index (χ0n) is 10.7. The summed E-state index contributed by atoms with van der Waals surface area (Å²) in [5.74, 6) is 0.321. The molecule has 1 fully saturated rings. The first kappa shape index (κ1) is 14.7. The third kappa shape index (κ3) is 3.05. The molecule has 0 aliphatic carbocycles. The number of aromatic nitrogens is 2. The molecule has 1 aliphatic rings. The summed E-state index contributed by atoms with van der Waals surface area (Å²) in [4.78, 5) is 23.2. The fourth-order valence-corrected chi connectivity index (χ4v) is 3.47. The molecule has 1 aliphatic heterocycles. The Labute approximate surface area is 118 Å². The van der Waals surface area contributed by atoms with Crippen LogP contribution >= 0.6 is 11.8 Å². The summed E-state index contributed by atoms with van der Waals surface area (Å²) in [6, 6.07) is 1.28. The second-order valence-electron chi connectivity index (χ2n) is 4.13. The lowest BCUT2D eigenvalue weighted by Crippen LogP contribution is -2.25. The van der Waals surface area contributed by atoms with Gasteiger partial charge in [0.25, 0.3) is 0 Å². The van der Waals surface area contributed by atoms with E-state index in [9.17, 15) is 9.90 Å². The van der Waals surface area contributed by atoms with E-state index in [0.29, 0.717) is 12.2 Å². The highest BCUT2D eigenvalue weighted by Gasteiger charge is 2.35. The van der Waals surface area contributed by atoms with E-state index in [2.05, 4.69) is 25.3 Å². The van der Waals surface area contributed by atoms with Gasteiger partial charge in [-0.25, -0.2) is 10.3 Å². The van der Waals surface area contributed by atoms with Crippen molar-refractivity contribution in [2.24, 2.45) is 5.11 Å². The van der Waals surface area contributed by atoms with Crippen LogP contribution in [-0.4, -0.2) is 39.7 Å². The van der Waals surface area contributed by atoms with E-state index in [4.69, 9.17) is 5.53 Å². The third-order valence-electron chi connectivity index (χ3n) is 2.93. The molecule has 1 aromatic heterocycles. The number of rotatable bonds is 5. The first-order chi connectivity index (χ1) is 9.69. The predicted octanol–water partition coefficient (Wildman–Crippen LogP) is 0.892. The average Bonchev–Trinajstić information content (AvgIpc) is 2.82. The van der Waals surface area contributed by atoms with Gasteiger partial charge in [-0.2, -0.15) is 4.98 Å². The van der Waals surface area contributed by atoms with Crippen molar-refractivity contribution in [1.29, 1.82) is 0 Å². The fourth-order valence-electron chi connectivity index (χ4n) is 2.03. The van der Waals surface area contributed by atoms with Crippen molar-refractivity contribution in [1.82, 2.24) is 9.55 Å². The van der Waals surface area contributed by atoms with E-state index in [-0.39, 0.29) is 23.3 Å². The number of anilines is 1. The molecule has 0 amide bonds. The lowest BCUT2D eigenvalue weighted by molar-refractivity contribution is 0.268. The SMILES string of the molecule is CONc1ccn([C@H]2C[C@H](N=[N+]=[N-])[C@@H](CO)S2)c(=O)n1. The third-order valence-corrected chi connectivity index (χ3v) is 4.48. The van der Waals surface area contributed by atoms with Crippen molar-refractivity contribution in [2.75, 3.05) is 19.2 Å². The van der Waals surface area contributed by atoms with Crippen LogP contribution in [0.25, 0.3) is 10.4 Å². The maximum Gasteiger partial charge on any atom is 0.350 e. The molecule has 0 unspecified atom stereocenters. The van der Waals surface area contributed by atoms with E-state index >= 15 is 0 Å². The zero-order chi connectivity index (χ0) is 14.5. The molecule has 108 valence electrons. The molecule has 2 heterocycles. The maximum absolute atomic E-state index is 11.9. The molecule has 0 bridgehead atoms. The van der Waals surface area contributed by atoms with Crippen LogP contribution in [0.1, 0.15) is 11.8 Å². The lowest BCUT2D eigenvalue weighted by Gasteiger charge is -2.13.